The number of rotatable bonds is 8. The van der Waals surface area contributed by atoms with Crippen molar-refractivity contribution in [2.45, 2.75) is 58.0 Å². The summed E-state index contributed by atoms with van der Waals surface area (Å²) in [6.45, 7) is 5.43. The number of urea groups is 1. The largest absolute Gasteiger partial charge is 0.352 e. The average molecular weight is 345 g/mol. The summed E-state index contributed by atoms with van der Waals surface area (Å²) in [5.41, 5.74) is 0.137. The molecule has 4 amide bonds. The Hall–Kier alpha value is -2.37. The van der Waals surface area contributed by atoms with Crippen LogP contribution in [0.25, 0.3) is 0 Å². The van der Waals surface area contributed by atoms with E-state index in [0.717, 1.165) is 23.3 Å². The van der Waals surface area contributed by atoms with Gasteiger partial charge in [-0.2, -0.15) is 0 Å². The van der Waals surface area contributed by atoms with Gasteiger partial charge in [0.05, 0.1) is 0 Å². The lowest BCUT2D eigenvalue weighted by Crippen LogP contribution is -2.46. The fraction of sp³-hybridized carbons (Fsp3) is 0.526. The van der Waals surface area contributed by atoms with Gasteiger partial charge in [0.1, 0.15) is 12.1 Å². The highest BCUT2D eigenvalue weighted by Gasteiger charge is 2.47. The predicted octanol–water partition coefficient (Wildman–Crippen LogP) is 2.23. The van der Waals surface area contributed by atoms with Gasteiger partial charge >= 0.3 is 6.03 Å². The first-order valence-corrected chi connectivity index (χ1v) is 8.83. The molecule has 1 saturated heterocycles. The molecule has 25 heavy (non-hydrogen) atoms. The van der Waals surface area contributed by atoms with Crippen molar-refractivity contribution in [3.63, 3.8) is 0 Å². The highest BCUT2D eigenvalue weighted by molar-refractivity contribution is 6.08. The quantitative estimate of drug-likeness (QED) is 0.709. The minimum absolute atomic E-state index is 0.0303. The van der Waals surface area contributed by atoms with E-state index in [2.05, 4.69) is 10.6 Å². The van der Waals surface area contributed by atoms with Crippen molar-refractivity contribution in [1.29, 1.82) is 0 Å². The van der Waals surface area contributed by atoms with E-state index in [-0.39, 0.29) is 24.4 Å². The molecule has 1 aliphatic rings. The number of nitrogens with one attached hydrogen (secondary N) is 2. The molecule has 1 heterocycles. The minimum Gasteiger partial charge on any atom is -0.352 e. The molecule has 6 heteroatoms. The zero-order valence-electron chi connectivity index (χ0n) is 15.2. The SMILES string of the molecule is CCC[C@@H](C)NC(=O)CN1C(=O)N[C@@](C)(CCc2ccccc2)C1=O. The first-order chi connectivity index (χ1) is 11.9. The van der Waals surface area contributed by atoms with Gasteiger partial charge in [-0.05, 0) is 38.7 Å². The lowest BCUT2D eigenvalue weighted by atomic mass is 9.93. The van der Waals surface area contributed by atoms with Crippen LogP contribution in [0.4, 0.5) is 4.79 Å². The second kappa shape index (κ2) is 8.14. The Morgan fingerprint density at radius 1 is 1.28 bits per heavy atom. The van der Waals surface area contributed by atoms with E-state index in [4.69, 9.17) is 0 Å². The lowest BCUT2D eigenvalue weighted by Gasteiger charge is -2.22. The highest BCUT2D eigenvalue weighted by Crippen LogP contribution is 2.23. The maximum absolute atomic E-state index is 12.7. The summed E-state index contributed by atoms with van der Waals surface area (Å²) >= 11 is 0. The van der Waals surface area contributed by atoms with Gasteiger partial charge in [-0.15, -0.1) is 0 Å². The van der Waals surface area contributed by atoms with E-state index < -0.39 is 11.6 Å². The Kier molecular flexibility index (Phi) is 6.17. The summed E-state index contributed by atoms with van der Waals surface area (Å²) in [6.07, 6.45) is 2.99. The van der Waals surface area contributed by atoms with Crippen molar-refractivity contribution < 1.29 is 14.4 Å². The van der Waals surface area contributed by atoms with E-state index in [0.29, 0.717) is 12.8 Å². The smallest absolute Gasteiger partial charge is 0.325 e. The van der Waals surface area contributed by atoms with Crippen LogP contribution in [0.15, 0.2) is 30.3 Å². The predicted molar refractivity (Wildman–Crippen MR) is 95.9 cm³/mol. The fourth-order valence-corrected chi connectivity index (χ4v) is 3.07. The van der Waals surface area contributed by atoms with Crippen LogP contribution in [-0.2, 0) is 16.0 Å². The maximum atomic E-state index is 12.7. The number of benzene rings is 1. The minimum atomic E-state index is -0.970. The topological polar surface area (TPSA) is 78.5 Å². The van der Waals surface area contributed by atoms with E-state index in [1.54, 1.807) is 6.92 Å². The van der Waals surface area contributed by atoms with Gasteiger partial charge in [-0.1, -0.05) is 43.7 Å². The molecule has 0 unspecified atom stereocenters. The first kappa shape index (κ1) is 19.0. The van der Waals surface area contributed by atoms with Crippen LogP contribution in [0.3, 0.4) is 0 Å². The third-order valence-corrected chi connectivity index (χ3v) is 4.53. The van der Waals surface area contributed by atoms with Crippen LogP contribution in [-0.4, -0.2) is 40.9 Å². The fourth-order valence-electron chi connectivity index (χ4n) is 3.07. The normalized spacial score (nSPS) is 21.2. The van der Waals surface area contributed by atoms with Crippen molar-refractivity contribution >= 4 is 17.8 Å². The van der Waals surface area contributed by atoms with Crippen LogP contribution in [0.1, 0.15) is 45.6 Å². The van der Waals surface area contributed by atoms with Crippen molar-refractivity contribution in [2.75, 3.05) is 6.54 Å². The number of carbonyl (C=O) groups excluding carboxylic acids is 3. The van der Waals surface area contributed by atoms with Gasteiger partial charge in [0.2, 0.25) is 5.91 Å². The molecule has 2 N–H and O–H groups in total. The van der Waals surface area contributed by atoms with E-state index in [1.165, 1.54) is 0 Å². The molecular formula is C19H27N3O3. The number of hydrogen-bond donors (Lipinski definition) is 2. The Morgan fingerprint density at radius 3 is 2.60 bits per heavy atom. The molecule has 1 aromatic carbocycles. The highest BCUT2D eigenvalue weighted by atomic mass is 16.2. The third kappa shape index (κ3) is 4.81. The van der Waals surface area contributed by atoms with E-state index in [1.807, 2.05) is 44.2 Å². The van der Waals surface area contributed by atoms with Gasteiger partial charge in [-0.3, -0.25) is 14.5 Å². The Labute approximate surface area is 149 Å². The summed E-state index contributed by atoms with van der Waals surface area (Å²) in [6, 6.07) is 9.34. The average Bonchev–Trinajstić information content (AvgIpc) is 2.78. The van der Waals surface area contributed by atoms with Gasteiger partial charge in [-0.25, -0.2) is 4.79 Å². The number of carbonyl (C=O) groups is 3. The molecule has 1 aromatic rings. The standard InChI is InChI=1S/C19H27N3O3/c1-4-8-14(2)20-16(23)13-22-17(24)19(3,21-18(22)25)12-11-15-9-6-5-7-10-15/h5-7,9-10,14H,4,8,11-13H2,1-3H3,(H,20,23)(H,21,25)/t14-,19+/m1/s1. The molecule has 1 aliphatic heterocycles. The van der Waals surface area contributed by atoms with E-state index in [9.17, 15) is 14.4 Å². The third-order valence-electron chi connectivity index (χ3n) is 4.53. The van der Waals surface area contributed by atoms with Gasteiger partial charge < -0.3 is 10.6 Å². The lowest BCUT2D eigenvalue weighted by molar-refractivity contribution is -0.134. The number of aryl methyl sites for hydroxylation is 1. The second-order valence-electron chi connectivity index (χ2n) is 6.90. The number of amides is 4. The van der Waals surface area contributed by atoms with Gasteiger partial charge in [0.15, 0.2) is 0 Å². The molecule has 0 bridgehead atoms. The zero-order valence-corrected chi connectivity index (χ0v) is 15.2. The van der Waals surface area contributed by atoms with Crippen molar-refractivity contribution in [2.24, 2.45) is 0 Å². The Morgan fingerprint density at radius 2 is 1.96 bits per heavy atom. The van der Waals surface area contributed by atoms with Crippen molar-refractivity contribution in [3.8, 4) is 0 Å². The molecule has 0 saturated carbocycles. The Balaban J connectivity index is 1.95. The number of nitrogens with zero attached hydrogens (tertiary/aromatic N) is 1. The summed E-state index contributed by atoms with van der Waals surface area (Å²) < 4.78 is 0. The summed E-state index contributed by atoms with van der Waals surface area (Å²) in [5.74, 6) is -0.650. The van der Waals surface area contributed by atoms with Crippen LogP contribution in [0.2, 0.25) is 0 Å². The number of hydrogen-bond acceptors (Lipinski definition) is 3. The molecule has 0 radical (unpaired) electrons. The van der Waals surface area contributed by atoms with Crippen LogP contribution in [0, 0.1) is 0 Å². The zero-order chi connectivity index (χ0) is 18.4. The summed E-state index contributed by atoms with van der Waals surface area (Å²) in [5, 5.41) is 5.56. The van der Waals surface area contributed by atoms with Crippen molar-refractivity contribution in [1.82, 2.24) is 15.5 Å². The molecule has 0 aromatic heterocycles. The Bertz CT molecular complexity index is 632. The van der Waals surface area contributed by atoms with Crippen LogP contribution in [0.5, 0.6) is 0 Å². The second-order valence-corrected chi connectivity index (χ2v) is 6.90. The van der Waals surface area contributed by atoms with E-state index >= 15 is 0 Å². The first-order valence-electron chi connectivity index (χ1n) is 8.83. The van der Waals surface area contributed by atoms with Gasteiger partial charge in [0, 0.05) is 6.04 Å². The molecule has 2 rings (SSSR count). The molecule has 6 nitrogen and oxygen atoms in total. The molecule has 0 aliphatic carbocycles. The molecule has 0 spiro atoms. The van der Waals surface area contributed by atoms with Crippen molar-refractivity contribution in [3.05, 3.63) is 35.9 Å². The van der Waals surface area contributed by atoms with Crippen LogP contribution >= 0.6 is 0 Å². The van der Waals surface area contributed by atoms with Crippen LogP contribution < -0.4 is 10.6 Å². The molecule has 1 fully saturated rings. The monoisotopic (exact) mass is 345 g/mol. The number of imide groups is 1. The maximum Gasteiger partial charge on any atom is 0.325 e. The van der Waals surface area contributed by atoms with Gasteiger partial charge in [0.25, 0.3) is 5.91 Å². The molecule has 136 valence electrons. The molecule has 2 atom stereocenters. The summed E-state index contributed by atoms with van der Waals surface area (Å²) in [4.78, 5) is 37.9. The summed E-state index contributed by atoms with van der Waals surface area (Å²) in [7, 11) is 0. The molecular weight excluding hydrogens is 318 g/mol.